The average molecular weight is 508 g/mol. The van der Waals surface area contributed by atoms with Crippen molar-refractivity contribution in [2.75, 3.05) is 25.2 Å². The Hall–Kier alpha value is -3.72. The molecule has 1 amide bonds. The Morgan fingerprint density at radius 1 is 1.00 bits per heavy atom. The molecule has 2 heterocycles. The quantitative estimate of drug-likeness (QED) is 0.524. The molecule has 0 bridgehead atoms. The highest BCUT2D eigenvalue weighted by Crippen LogP contribution is 2.42. The van der Waals surface area contributed by atoms with Gasteiger partial charge < -0.3 is 9.47 Å². The van der Waals surface area contributed by atoms with E-state index in [9.17, 15) is 13.2 Å². The monoisotopic (exact) mass is 507 g/mol. The summed E-state index contributed by atoms with van der Waals surface area (Å²) in [5.74, 6) is 0.696. The smallest absolute Gasteiger partial charge is 0.280 e. The molecule has 0 radical (unpaired) electrons. The van der Waals surface area contributed by atoms with Gasteiger partial charge in [0.15, 0.2) is 5.90 Å². The molecule has 1 N–H and O–H groups in total. The number of hydrogen-bond donors (Lipinski definition) is 1. The van der Waals surface area contributed by atoms with Crippen LogP contribution < -0.4 is 9.46 Å². The second kappa shape index (κ2) is 9.39. The maximum Gasteiger partial charge on any atom is 0.280 e. The number of nitrogens with zero attached hydrogens (tertiary/aromatic N) is 2. The molecule has 1 aliphatic rings. The van der Waals surface area contributed by atoms with Crippen LogP contribution in [0.3, 0.4) is 0 Å². The van der Waals surface area contributed by atoms with Gasteiger partial charge in [-0.3, -0.25) is 14.5 Å². The van der Waals surface area contributed by atoms with Gasteiger partial charge in [-0.1, -0.05) is 39.0 Å². The molecular formula is C27H29N3O5S. The zero-order valence-corrected chi connectivity index (χ0v) is 22.0. The number of aromatic nitrogens is 1. The number of dihydropyridines is 1. The molecule has 1 aliphatic heterocycles. The molecular weight excluding hydrogens is 478 g/mol. The molecule has 188 valence electrons. The highest BCUT2D eigenvalue weighted by Gasteiger charge is 2.27. The zero-order chi connectivity index (χ0) is 26.3. The van der Waals surface area contributed by atoms with Crippen molar-refractivity contribution >= 4 is 44.0 Å². The molecule has 1 aromatic heterocycles. The number of carbonyl (C=O) groups excluding carboxylic acids is 1. The Kier molecular flexibility index (Phi) is 6.62. The summed E-state index contributed by atoms with van der Waals surface area (Å²) in [5.41, 5.74) is 4.63. The largest absolute Gasteiger partial charge is 0.496 e. The lowest BCUT2D eigenvalue weighted by molar-refractivity contribution is -0.112. The number of anilines is 1. The maximum atomic E-state index is 12.9. The van der Waals surface area contributed by atoms with Gasteiger partial charge in [-0.2, -0.15) is 4.99 Å². The minimum Gasteiger partial charge on any atom is -0.496 e. The van der Waals surface area contributed by atoms with Crippen LogP contribution in [0.4, 0.5) is 5.69 Å². The summed E-state index contributed by atoms with van der Waals surface area (Å²) in [6.07, 6.45) is 5.09. The first kappa shape index (κ1) is 25.4. The molecule has 4 rings (SSSR count). The summed E-state index contributed by atoms with van der Waals surface area (Å²) in [6, 6.07) is 11.0. The minimum atomic E-state index is -3.37. The molecule has 0 atom stereocenters. The highest BCUT2D eigenvalue weighted by atomic mass is 32.2. The lowest BCUT2D eigenvalue weighted by atomic mass is 9.82. The molecule has 0 aliphatic carbocycles. The van der Waals surface area contributed by atoms with Crippen molar-refractivity contribution < 1.29 is 22.7 Å². The van der Waals surface area contributed by atoms with Crippen molar-refractivity contribution in [3.63, 3.8) is 0 Å². The van der Waals surface area contributed by atoms with Gasteiger partial charge in [-0.25, -0.2) is 8.42 Å². The molecule has 9 heteroatoms. The highest BCUT2D eigenvalue weighted by molar-refractivity contribution is 7.92. The Bertz CT molecular complexity index is 1520. The minimum absolute atomic E-state index is 0.275. The van der Waals surface area contributed by atoms with E-state index in [1.807, 2.05) is 30.3 Å². The molecule has 0 fully saturated rings. The Morgan fingerprint density at radius 2 is 1.69 bits per heavy atom. The van der Waals surface area contributed by atoms with Crippen LogP contribution in [0.15, 0.2) is 53.7 Å². The van der Waals surface area contributed by atoms with Gasteiger partial charge in [-0.05, 0) is 35.2 Å². The number of amides is 1. The number of hydrogen-bond acceptors (Lipinski definition) is 6. The molecule has 0 unspecified atom stereocenters. The normalized spacial score (nSPS) is 14.3. The number of aliphatic imine (C=N–C) groups is 1. The van der Waals surface area contributed by atoms with Crippen LogP contribution in [0.5, 0.6) is 5.75 Å². The fourth-order valence-corrected chi connectivity index (χ4v) is 4.77. The second-order valence-corrected chi connectivity index (χ2v) is 11.4. The zero-order valence-electron chi connectivity index (χ0n) is 21.2. The van der Waals surface area contributed by atoms with E-state index in [4.69, 9.17) is 14.5 Å². The van der Waals surface area contributed by atoms with Crippen LogP contribution >= 0.6 is 0 Å². The number of ether oxygens (including phenoxy) is 2. The fourth-order valence-electron chi connectivity index (χ4n) is 4.21. The maximum absolute atomic E-state index is 12.9. The first-order chi connectivity index (χ1) is 16.9. The van der Waals surface area contributed by atoms with Gasteiger partial charge in [0.25, 0.3) is 5.91 Å². The van der Waals surface area contributed by atoms with E-state index in [1.54, 1.807) is 25.4 Å². The lowest BCUT2D eigenvalue weighted by Gasteiger charge is -2.25. The summed E-state index contributed by atoms with van der Waals surface area (Å²) in [7, 11) is -0.240. The Morgan fingerprint density at radius 3 is 2.25 bits per heavy atom. The van der Waals surface area contributed by atoms with E-state index >= 15 is 0 Å². The standard InChI is InChI=1S/C27H29N3O5S/c1-27(2,3)22-14-20(19-11-12-23(34-4)29-26(19)31)24-21(25(22)35-5)13-17(15-28-24)16-7-9-18(10-8-16)30-36(6,32)33/h7-11,13-15,30H,12H2,1-6H3. The van der Waals surface area contributed by atoms with Crippen LogP contribution in [0.1, 0.15) is 38.3 Å². The number of fused-ring (bicyclic) bond motifs is 1. The predicted octanol–water partition coefficient (Wildman–Crippen LogP) is 4.94. The van der Waals surface area contributed by atoms with Crippen molar-refractivity contribution in [2.24, 2.45) is 4.99 Å². The summed E-state index contributed by atoms with van der Waals surface area (Å²) in [5, 5.41) is 0.769. The molecule has 2 aromatic carbocycles. The third-order valence-corrected chi connectivity index (χ3v) is 6.52. The predicted molar refractivity (Wildman–Crippen MR) is 143 cm³/mol. The number of benzene rings is 2. The van der Waals surface area contributed by atoms with Crippen LogP contribution in [0.25, 0.3) is 27.6 Å². The van der Waals surface area contributed by atoms with E-state index in [0.29, 0.717) is 40.4 Å². The number of rotatable bonds is 5. The van der Waals surface area contributed by atoms with Gasteiger partial charge in [0.05, 0.1) is 26.0 Å². The first-order valence-electron chi connectivity index (χ1n) is 11.4. The summed E-state index contributed by atoms with van der Waals surface area (Å²) < 4.78 is 36.6. The summed E-state index contributed by atoms with van der Waals surface area (Å²) >= 11 is 0. The van der Waals surface area contributed by atoms with Crippen molar-refractivity contribution in [3.8, 4) is 16.9 Å². The van der Waals surface area contributed by atoms with Crippen molar-refractivity contribution in [1.29, 1.82) is 0 Å². The SMILES string of the molecule is COC1=NC(=O)C(c2cc(C(C)(C)C)c(OC)c3cc(-c4ccc(NS(C)(=O)=O)cc4)cnc23)=CC1. The Balaban J connectivity index is 1.90. The molecule has 0 spiro atoms. The van der Waals surface area contributed by atoms with Gasteiger partial charge >= 0.3 is 0 Å². The van der Waals surface area contributed by atoms with Crippen molar-refractivity contribution in [3.05, 3.63) is 59.8 Å². The summed E-state index contributed by atoms with van der Waals surface area (Å²) in [4.78, 5) is 21.7. The van der Waals surface area contributed by atoms with E-state index in [0.717, 1.165) is 28.3 Å². The number of methoxy groups -OCH3 is 2. The number of carbonyl (C=O) groups is 1. The number of sulfonamides is 1. The van der Waals surface area contributed by atoms with E-state index < -0.39 is 10.0 Å². The third-order valence-electron chi connectivity index (χ3n) is 5.92. The number of pyridine rings is 1. The van der Waals surface area contributed by atoms with E-state index in [1.165, 1.54) is 7.11 Å². The van der Waals surface area contributed by atoms with Gasteiger partial charge in [0.1, 0.15) is 5.75 Å². The fraction of sp³-hybridized carbons (Fsp3) is 0.296. The van der Waals surface area contributed by atoms with Crippen molar-refractivity contribution in [2.45, 2.75) is 32.6 Å². The lowest BCUT2D eigenvalue weighted by Crippen LogP contribution is -2.16. The van der Waals surface area contributed by atoms with Crippen LogP contribution in [0, 0.1) is 0 Å². The topological polar surface area (TPSA) is 107 Å². The third kappa shape index (κ3) is 5.11. The molecule has 36 heavy (non-hydrogen) atoms. The van der Waals surface area contributed by atoms with Crippen LogP contribution in [-0.2, 0) is 25.0 Å². The van der Waals surface area contributed by atoms with Crippen molar-refractivity contribution in [1.82, 2.24) is 4.98 Å². The van der Waals surface area contributed by atoms with Crippen LogP contribution in [-0.4, -0.2) is 45.7 Å². The van der Waals surface area contributed by atoms with E-state index in [2.05, 4.69) is 30.5 Å². The summed E-state index contributed by atoms with van der Waals surface area (Å²) in [6.45, 7) is 6.26. The molecule has 8 nitrogen and oxygen atoms in total. The first-order valence-corrected chi connectivity index (χ1v) is 13.3. The second-order valence-electron chi connectivity index (χ2n) is 9.66. The molecule has 3 aromatic rings. The van der Waals surface area contributed by atoms with E-state index in [-0.39, 0.29) is 11.3 Å². The average Bonchev–Trinajstić information content (AvgIpc) is 2.81. The van der Waals surface area contributed by atoms with Gasteiger partial charge in [0.2, 0.25) is 10.0 Å². The van der Waals surface area contributed by atoms with Gasteiger partial charge in [-0.15, -0.1) is 0 Å². The van der Waals surface area contributed by atoms with Crippen LogP contribution in [0.2, 0.25) is 0 Å². The van der Waals surface area contributed by atoms with Gasteiger partial charge in [0, 0.05) is 46.0 Å². The number of nitrogens with one attached hydrogen (secondary N) is 1. The molecule has 0 saturated carbocycles. The molecule has 0 saturated heterocycles. The Labute approximate surface area is 211 Å².